The van der Waals surface area contributed by atoms with Gasteiger partial charge < -0.3 is 20.4 Å². The topological polar surface area (TPSA) is 105 Å². The molecule has 0 radical (unpaired) electrons. The molecule has 3 rings (SSSR count). The molecule has 0 atom stereocenters. The lowest BCUT2D eigenvalue weighted by Gasteiger charge is -2.10. The van der Waals surface area contributed by atoms with Crippen molar-refractivity contribution in [2.24, 2.45) is 0 Å². The van der Waals surface area contributed by atoms with Crippen molar-refractivity contribution in [2.45, 2.75) is 27.7 Å². The van der Waals surface area contributed by atoms with Crippen LogP contribution < -0.4 is 16.0 Å². The zero-order valence-electron chi connectivity index (χ0n) is 16.5. The SMILES string of the molecule is Cc1ccnc(Nc2cc(NCCNC(=O)c3cc(C)oc3C)nc(C)n2)c1. The molecule has 3 aromatic heterocycles. The van der Waals surface area contributed by atoms with Gasteiger partial charge in [0, 0.05) is 25.4 Å². The number of nitrogens with zero attached hydrogens (tertiary/aromatic N) is 3. The van der Waals surface area contributed by atoms with E-state index >= 15 is 0 Å². The molecule has 3 aromatic rings. The predicted molar refractivity (Wildman–Crippen MR) is 108 cm³/mol. The van der Waals surface area contributed by atoms with Gasteiger partial charge in [-0.3, -0.25) is 4.79 Å². The second kappa shape index (κ2) is 8.51. The summed E-state index contributed by atoms with van der Waals surface area (Å²) >= 11 is 0. The average molecular weight is 380 g/mol. The van der Waals surface area contributed by atoms with Crippen LogP contribution in [0, 0.1) is 27.7 Å². The number of nitrogens with one attached hydrogen (secondary N) is 3. The molecule has 0 fully saturated rings. The Morgan fingerprint density at radius 1 is 1.00 bits per heavy atom. The first-order valence-corrected chi connectivity index (χ1v) is 9.05. The Hall–Kier alpha value is -3.42. The van der Waals surface area contributed by atoms with Crippen molar-refractivity contribution in [1.82, 2.24) is 20.3 Å². The Labute approximate surface area is 163 Å². The summed E-state index contributed by atoms with van der Waals surface area (Å²) in [6, 6.07) is 7.43. The van der Waals surface area contributed by atoms with Gasteiger partial charge in [-0.25, -0.2) is 15.0 Å². The fraction of sp³-hybridized carbons (Fsp3) is 0.300. The minimum atomic E-state index is -0.150. The number of carbonyl (C=O) groups is 1. The molecular weight excluding hydrogens is 356 g/mol. The molecule has 146 valence electrons. The van der Waals surface area contributed by atoms with Gasteiger partial charge in [0.2, 0.25) is 0 Å². The van der Waals surface area contributed by atoms with E-state index in [0.29, 0.717) is 41.9 Å². The van der Waals surface area contributed by atoms with Gasteiger partial charge in [-0.2, -0.15) is 0 Å². The summed E-state index contributed by atoms with van der Waals surface area (Å²) in [5.41, 5.74) is 1.67. The molecule has 8 nitrogen and oxygen atoms in total. The summed E-state index contributed by atoms with van der Waals surface area (Å²) < 4.78 is 5.39. The summed E-state index contributed by atoms with van der Waals surface area (Å²) in [7, 11) is 0. The molecule has 0 aliphatic carbocycles. The number of rotatable bonds is 7. The van der Waals surface area contributed by atoms with E-state index in [9.17, 15) is 4.79 Å². The van der Waals surface area contributed by atoms with Crippen LogP contribution in [-0.4, -0.2) is 33.9 Å². The van der Waals surface area contributed by atoms with Gasteiger partial charge >= 0.3 is 0 Å². The lowest BCUT2D eigenvalue weighted by molar-refractivity contribution is 0.0953. The number of amides is 1. The van der Waals surface area contributed by atoms with E-state index in [4.69, 9.17) is 4.42 Å². The minimum absolute atomic E-state index is 0.150. The van der Waals surface area contributed by atoms with Crippen LogP contribution in [0.4, 0.5) is 17.5 Å². The van der Waals surface area contributed by atoms with Crippen LogP contribution in [0.3, 0.4) is 0 Å². The monoisotopic (exact) mass is 380 g/mol. The van der Waals surface area contributed by atoms with E-state index < -0.39 is 0 Å². The van der Waals surface area contributed by atoms with Gasteiger partial charge in [0.05, 0.1) is 5.56 Å². The predicted octanol–water partition coefficient (Wildman–Crippen LogP) is 3.28. The van der Waals surface area contributed by atoms with E-state index in [1.54, 1.807) is 19.2 Å². The molecule has 0 saturated carbocycles. The van der Waals surface area contributed by atoms with Crippen LogP contribution in [0.15, 0.2) is 34.9 Å². The number of hydrogen-bond acceptors (Lipinski definition) is 7. The van der Waals surface area contributed by atoms with E-state index in [2.05, 4.69) is 30.9 Å². The molecule has 1 amide bonds. The van der Waals surface area contributed by atoms with Crippen molar-refractivity contribution >= 4 is 23.4 Å². The van der Waals surface area contributed by atoms with E-state index in [1.165, 1.54) is 0 Å². The highest BCUT2D eigenvalue weighted by Crippen LogP contribution is 2.16. The van der Waals surface area contributed by atoms with Gasteiger partial charge in [0.1, 0.15) is 34.8 Å². The summed E-state index contributed by atoms with van der Waals surface area (Å²) in [5.74, 6) is 3.88. The number of pyridine rings is 1. The highest BCUT2D eigenvalue weighted by molar-refractivity contribution is 5.95. The van der Waals surface area contributed by atoms with Crippen LogP contribution in [0.1, 0.15) is 33.3 Å². The zero-order valence-corrected chi connectivity index (χ0v) is 16.5. The van der Waals surface area contributed by atoms with Crippen LogP contribution >= 0.6 is 0 Å². The first-order chi connectivity index (χ1) is 13.4. The van der Waals surface area contributed by atoms with Crippen molar-refractivity contribution in [3.63, 3.8) is 0 Å². The highest BCUT2D eigenvalue weighted by atomic mass is 16.3. The highest BCUT2D eigenvalue weighted by Gasteiger charge is 2.12. The van der Waals surface area contributed by atoms with E-state index in [-0.39, 0.29) is 5.91 Å². The molecule has 0 saturated heterocycles. The molecule has 0 unspecified atom stereocenters. The van der Waals surface area contributed by atoms with E-state index in [1.807, 2.05) is 39.0 Å². The third kappa shape index (κ3) is 5.06. The molecule has 0 aliphatic heterocycles. The summed E-state index contributed by atoms with van der Waals surface area (Å²) in [6.45, 7) is 8.41. The third-order valence-electron chi connectivity index (χ3n) is 4.01. The Bertz CT molecular complexity index is 983. The Kier molecular flexibility index (Phi) is 5.88. The van der Waals surface area contributed by atoms with E-state index in [0.717, 1.165) is 17.1 Å². The van der Waals surface area contributed by atoms with Crippen LogP contribution in [-0.2, 0) is 0 Å². The summed E-state index contributed by atoms with van der Waals surface area (Å²) in [4.78, 5) is 25.2. The minimum Gasteiger partial charge on any atom is -0.466 e. The smallest absolute Gasteiger partial charge is 0.254 e. The molecule has 0 aromatic carbocycles. The number of anilines is 3. The van der Waals surface area contributed by atoms with Crippen LogP contribution in [0.5, 0.6) is 0 Å². The first kappa shape index (κ1) is 19.3. The second-order valence-electron chi connectivity index (χ2n) is 6.54. The number of aromatic nitrogens is 3. The number of furan rings is 1. The van der Waals surface area contributed by atoms with Gasteiger partial charge in [0.15, 0.2) is 0 Å². The summed E-state index contributed by atoms with van der Waals surface area (Å²) in [5, 5.41) is 9.25. The van der Waals surface area contributed by atoms with Crippen molar-refractivity contribution in [2.75, 3.05) is 23.7 Å². The van der Waals surface area contributed by atoms with Gasteiger partial charge in [-0.1, -0.05) is 0 Å². The fourth-order valence-electron chi connectivity index (χ4n) is 2.78. The van der Waals surface area contributed by atoms with Crippen LogP contribution in [0.25, 0.3) is 0 Å². The molecule has 0 bridgehead atoms. The number of aryl methyl sites for hydroxylation is 4. The van der Waals surface area contributed by atoms with Crippen molar-refractivity contribution < 1.29 is 9.21 Å². The molecule has 28 heavy (non-hydrogen) atoms. The maximum absolute atomic E-state index is 12.2. The molecule has 3 N–H and O–H groups in total. The second-order valence-corrected chi connectivity index (χ2v) is 6.54. The molecule has 3 heterocycles. The molecule has 0 spiro atoms. The van der Waals surface area contributed by atoms with Crippen molar-refractivity contribution in [3.8, 4) is 0 Å². The average Bonchev–Trinajstić information content (AvgIpc) is 2.96. The zero-order chi connectivity index (χ0) is 20.1. The maximum Gasteiger partial charge on any atom is 0.254 e. The largest absolute Gasteiger partial charge is 0.466 e. The number of hydrogen-bond donors (Lipinski definition) is 3. The van der Waals surface area contributed by atoms with Crippen molar-refractivity contribution in [3.05, 3.63) is 58.9 Å². The Balaban J connectivity index is 1.55. The quantitative estimate of drug-likeness (QED) is 0.540. The molecular formula is C20H24N6O2. The van der Waals surface area contributed by atoms with Gasteiger partial charge in [-0.05, 0) is 51.5 Å². The van der Waals surface area contributed by atoms with Gasteiger partial charge in [0.25, 0.3) is 5.91 Å². The standard InChI is InChI=1S/C20H24N6O2/c1-12-5-6-21-17(9-12)26-19-11-18(24-15(4)25-19)22-7-8-23-20(27)16-10-13(2)28-14(16)3/h5-6,9-11H,7-8H2,1-4H3,(H,23,27)(H2,21,22,24,25,26). The maximum atomic E-state index is 12.2. The Morgan fingerprint density at radius 2 is 1.79 bits per heavy atom. The summed E-state index contributed by atoms with van der Waals surface area (Å²) in [6.07, 6.45) is 1.75. The first-order valence-electron chi connectivity index (χ1n) is 9.05. The van der Waals surface area contributed by atoms with Crippen LogP contribution in [0.2, 0.25) is 0 Å². The lowest BCUT2D eigenvalue weighted by atomic mass is 10.2. The fourth-order valence-corrected chi connectivity index (χ4v) is 2.78. The van der Waals surface area contributed by atoms with Gasteiger partial charge in [-0.15, -0.1) is 0 Å². The third-order valence-corrected chi connectivity index (χ3v) is 4.01. The van der Waals surface area contributed by atoms with Crippen molar-refractivity contribution in [1.29, 1.82) is 0 Å². The Morgan fingerprint density at radius 3 is 2.50 bits per heavy atom. The number of carbonyl (C=O) groups excluding carboxylic acids is 1. The lowest BCUT2D eigenvalue weighted by Crippen LogP contribution is -2.29. The normalized spacial score (nSPS) is 10.6. The molecule has 8 heteroatoms. The molecule has 0 aliphatic rings.